The van der Waals surface area contributed by atoms with Crippen molar-refractivity contribution in [1.82, 2.24) is 0 Å². The molecule has 1 aliphatic rings. The number of benzene rings is 3. The number of rotatable bonds is 2. The lowest BCUT2D eigenvalue weighted by Crippen LogP contribution is -2.42. The van der Waals surface area contributed by atoms with Crippen molar-refractivity contribution < 1.29 is 0 Å². The van der Waals surface area contributed by atoms with Gasteiger partial charge in [0.25, 0.3) is 0 Å². The molecule has 0 nitrogen and oxygen atoms in total. The lowest BCUT2D eigenvalue weighted by atomic mass is 9.59. The largest absolute Gasteiger partial charge is 0.0622 e. The van der Waals surface area contributed by atoms with Crippen molar-refractivity contribution >= 4 is 0 Å². The summed E-state index contributed by atoms with van der Waals surface area (Å²) in [5, 5.41) is 0. The van der Waals surface area contributed by atoms with Crippen LogP contribution >= 0.6 is 0 Å². The van der Waals surface area contributed by atoms with Crippen LogP contribution in [-0.2, 0) is 10.8 Å². The number of aryl methyl sites for hydroxylation is 1. The van der Waals surface area contributed by atoms with Crippen LogP contribution in [-0.4, -0.2) is 0 Å². The Morgan fingerprint density at radius 1 is 0.536 bits per heavy atom. The Hall–Kier alpha value is -2.34. The van der Waals surface area contributed by atoms with E-state index in [1.807, 2.05) is 0 Å². The van der Waals surface area contributed by atoms with Crippen LogP contribution in [0.25, 0.3) is 22.3 Å². The highest BCUT2D eigenvalue weighted by atomic mass is 14.6. The zero-order valence-corrected chi connectivity index (χ0v) is 18.4. The van der Waals surface area contributed by atoms with Gasteiger partial charge >= 0.3 is 0 Å². The standard InChI is InChI=1S/C28H32/c1-19-17-21(20-11-9-8-10-12-20)13-15-23(19)22-14-16-24-25(18-22)27(4,5)28(6,7)26(24,2)3/h8-18H,1-7H3. The molecule has 0 fully saturated rings. The van der Waals surface area contributed by atoms with Gasteiger partial charge in [0.2, 0.25) is 0 Å². The van der Waals surface area contributed by atoms with E-state index in [2.05, 4.69) is 115 Å². The first-order valence-corrected chi connectivity index (χ1v) is 10.4. The molecule has 0 heteroatoms. The molecule has 0 radical (unpaired) electrons. The fourth-order valence-electron chi connectivity index (χ4n) is 5.03. The van der Waals surface area contributed by atoms with Crippen LogP contribution in [0.3, 0.4) is 0 Å². The van der Waals surface area contributed by atoms with Gasteiger partial charge < -0.3 is 0 Å². The van der Waals surface area contributed by atoms with Crippen molar-refractivity contribution in [2.45, 2.75) is 59.3 Å². The highest BCUT2D eigenvalue weighted by Gasteiger charge is 2.56. The molecule has 1 aliphatic carbocycles. The van der Waals surface area contributed by atoms with Crippen molar-refractivity contribution in [3.63, 3.8) is 0 Å². The van der Waals surface area contributed by atoms with Crippen molar-refractivity contribution in [1.29, 1.82) is 0 Å². The molecule has 0 amide bonds. The summed E-state index contributed by atoms with van der Waals surface area (Å²) in [6, 6.07) is 24.6. The second kappa shape index (κ2) is 6.08. The van der Waals surface area contributed by atoms with E-state index in [0.29, 0.717) is 0 Å². The van der Waals surface area contributed by atoms with E-state index in [-0.39, 0.29) is 16.2 Å². The summed E-state index contributed by atoms with van der Waals surface area (Å²) in [4.78, 5) is 0. The number of hydrogen-bond acceptors (Lipinski definition) is 0. The smallest absolute Gasteiger partial charge is 0.00410 e. The molecular weight excluding hydrogens is 336 g/mol. The van der Waals surface area contributed by atoms with Crippen LogP contribution in [0.4, 0.5) is 0 Å². The molecule has 4 rings (SSSR count). The average molecular weight is 369 g/mol. The van der Waals surface area contributed by atoms with E-state index < -0.39 is 0 Å². The summed E-state index contributed by atoms with van der Waals surface area (Å²) < 4.78 is 0. The van der Waals surface area contributed by atoms with Crippen LogP contribution in [0.1, 0.15) is 58.2 Å². The first kappa shape index (κ1) is 19.0. The van der Waals surface area contributed by atoms with E-state index in [9.17, 15) is 0 Å². The van der Waals surface area contributed by atoms with E-state index in [1.54, 1.807) is 0 Å². The molecule has 0 spiro atoms. The maximum Gasteiger partial charge on any atom is -0.00410 e. The predicted molar refractivity (Wildman–Crippen MR) is 122 cm³/mol. The molecule has 0 aliphatic heterocycles. The van der Waals surface area contributed by atoms with Gasteiger partial charge in [-0.15, -0.1) is 0 Å². The fourth-order valence-corrected chi connectivity index (χ4v) is 5.03. The molecule has 0 saturated heterocycles. The molecule has 0 bridgehead atoms. The molecule has 0 aromatic heterocycles. The SMILES string of the molecule is Cc1cc(-c2ccccc2)ccc1-c1ccc2c(c1)C(C)(C)C(C)(C)C2(C)C. The molecule has 0 saturated carbocycles. The third-order valence-electron chi connectivity index (χ3n) is 8.14. The summed E-state index contributed by atoms with van der Waals surface area (Å²) >= 11 is 0. The van der Waals surface area contributed by atoms with Crippen molar-refractivity contribution in [2.24, 2.45) is 5.41 Å². The fraction of sp³-hybridized carbons (Fsp3) is 0.357. The van der Waals surface area contributed by atoms with Crippen molar-refractivity contribution in [3.8, 4) is 22.3 Å². The Morgan fingerprint density at radius 3 is 1.79 bits per heavy atom. The molecule has 28 heavy (non-hydrogen) atoms. The van der Waals surface area contributed by atoms with E-state index in [1.165, 1.54) is 38.9 Å². The van der Waals surface area contributed by atoms with E-state index in [4.69, 9.17) is 0 Å². The van der Waals surface area contributed by atoms with Gasteiger partial charge in [0.15, 0.2) is 0 Å². The Kier molecular flexibility index (Phi) is 4.12. The van der Waals surface area contributed by atoms with Crippen LogP contribution < -0.4 is 0 Å². The number of fused-ring (bicyclic) bond motifs is 1. The zero-order valence-electron chi connectivity index (χ0n) is 18.4. The molecule has 144 valence electrons. The van der Waals surface area contributed by atoms with Gasteiger partial charge in [-0.3, -0.25) is 0 Å². The Bertz CT molecular complexity index is 1030. The molecule has 3 aromatic carbocycles. The Labute approximate surface area is 170 Å². The van der Waals surface area contributed by atoms with Gasteiger partial charge in [-0.1, -0.05) is 108 Å². The lowest BCUT2D eigenvalue weighted by molar-refractivity contribution is 0.125. The van der Waals surface area contributed by atoms with Gasteiger partial charge in [-0.25, -0.2) is 0 Å². The molecule has 3 aromatic rings. The molecular formula is C28H32. The van der Waals surface area contributed by atoms with Gasteiger partial charge in [0.1, 0.15) is 0 Å². The number of hydrogen-bond donors (Lipinski definition) is 0. The van der Waals surface area contributed by atoms with E-state index >= 15 is 0 Å². The summed E-state index contributed by atoms with van der Waals surface area (Å²) in [6.07, 6.45) is 0. The summed E-state index contributed by atoms with van der Waals surface area (Å²) in [5.74, 6) is 0. The monoisotopic (exact) mass is 368 g/mol. The minimum atomic E-state index is 0.139. The molecule has 0 N–H and O–H groups in total. The highest BCUT2D eigenvalue weighted by Crippen LogP contribution is 2.61. The van der Waals surface area contributed by atoms with Gasteiger partial charge in [-0.05, 0) is 62.1 Å². The Morgan fingerprint density at radius 2 is 1.14 bits per heavy atom. The maximum atomic E-state index is 2.45. The minimum absolute atomic E-state index is 0.139. The zero-order chi connectivity index (χ0) is 20.3. The topological polar surface area (TPSA) is 0 Å². The van der Waals surface area contributed by atoms with Gasteiger partial charge in [-0.2, -0.15) is 0 Å². The van der Waals surface area contributed by atoms with Gasteiger partial charge in [0.05, 0.1) is 0 Å². The quantitative estimate of drug-likeness (QED) is 0.431. The van der Waals surface area contributed by atoms with Crippen LogP contribution in [0, 0.1) is 12.3 Å². The van der Waals surface area contributed by atoms with Crippen molar-refractivity contribution in [3.05, 3.63) is 83.4 Å². The Balaban J connectivity index is 1.81. The first-order chi connectivity index (χ1) is 13.1. The van der Waals surface area contributed by atoms with Crippen molar-refractivity contribution in [2.75, 3.05) is 0 Å². The molecule has 0 atom stereocenters. The van der Waals surface area contributed by atoms with E-state index in [0.717, 1.165) is 0 Å². The maximum absolute atomic E-state index is 2.45. The minimum Gasteiger partial charge on any atom is -0.0622 e. The first-order valence-electron chi connectivity index (χ1n) is 10.4. The summed E-state index contributed by atoms with van der Waals surface area (Å²) in [7, 11) is 0. The average Bonchev–Trinajstić information content (AvgIpc) is 2.77. The second-order valence-corrected chi connectivity index (χ2v) is 10.0. The van der Waals surface area contributed by atoms with Crippen LogP contribution in [0.2, 0.25) is 0 Å². The normalized spacial score (nSPS) is 18.7. The second-order valence-electron chi connectivity index (χ2n) is 10.0. The predicted octanol–water partition coefficient (Wildman–Crippen LogP) is 7.92. The molecule has 0 unspecified atom stereocenters. The summed E-state index contributed by atoms with van der Waals surface area (Å²) in [6.45, 7) is 16.7. The third kappa shape index (κ3) is 2.50. The van der Waals surface area contributed by atoms with Gasteiger partial charge in [0, 0.05) is 0 Å². The van der Waals surface area contributed by atoms with Crippen LogP contribution in [0.15, 0.2) is 66.7 Å². The summed E-state index contributed by atoms with van der Waals surface area (Å²) in [5.41, 5.74) is 10.1. The third-order valence-corrected chi connectivity index (χ3v) is 8.14. The lowest BCUT2D eigenvalue weighted by Gasteiger charge is -2.44. The highest BCUT2D eigenvalue weighted by molar-refractivity contribution is 5.75. The molecule has 0 heterocycles. The van der Waals surface area contributed by atoms with Crippen LogP contribution in [0.5, 0.6) is 0 Å².